The second-order valence-electron chi connectivity index (χ2n) is 7.33. The molecule has 0 radical (unpaired) electrons. The summed E-state index contributed by atoms with van der Waals surface area (Å²) < 4.78 is 11.8. The summed E-state index contributed by atoms with van der Waals surface area (Å²) in [6.07, 6.45) is 0.812. The van der Waals surface area contributed by atoms with Crippen molar-refractivity contribution in [1.29, 1.82) is 0 Å². The Morgan fingerprint density at radius 2 is 1.70 bits per heavy atom. The summed E-state index contributed by atoms with van der Waals surface area (Å²) in [6, 6.07) is 16.2. The number of hydrogen-bond donors (Lipinski definition) is 2. The highest BCUT2D eigenvalue weighted by Gasteiger charge is 2.19. The van der Waals surface area contributed by atoms with Crippen LogP contribution in [0.25, 0.3) is 0 Å². The molecular weight excluding hydrogens is 360 g/mol. The van der Waals surface area contributed by atoms with Gasteiger partial charge in [-0.15, -0.1) is 0 Å². The Bertz CT molecular complexity index is 688. The van der Waals surface area contributed by atoms with Crippen LogP contribution in [0.3, 0.4) is 0 Å². The van der Waals surface area contributed by atoms with Gasteiger partial charge in [-0.25, -0.2) is 0 Å². The summed E-state index contributed by atoms with van der Waals surface area (Å²) in [5.74, 6) is 0.888. The predicted molar refractivity (Wildman–Crippen MR) is 109 cm³/mol. The molecule has 5 heteroatoms. The number of hydrogen-bond acceptors (Lipinski definition) is 2. The standard InChI is InChI=1S/C22H29ClN2O2/c1-24-9-11-25(12-10-24)13-14-26-15-16-27-22-8-7-21(23)18-20(22)17-19-5-3-2-4-6-19/h2-8,18H,9-17H2,1H3/p+2. The van der Waals surface area contributed by atoms with Crippen LogP contribution >= 0.6 is 11.6 Å². The van der Waals surface area contributed by atoms with Crippen molar-refractivity contribution in [2.75, 3.05) is 59.6 Å². The van der Waals surface area contributed by atoms with Gasteiger partial charge in [-0.2, -0.15) is 0 Å². The fourth-order valence-corrected chi connectivity index (χ4v) is 3.65. The van der Waals surface area contributed by atoms with Crippen molar-refractivity contribution in [3.05, 3.63) is 64.7 Å². The Morgan fingerprint density at radius 3 is 2.48 bits per heavy atom. The van der Waals surface area contributed by atoms with Crippen molar-refractivity contribution >= 4 is 11.6 Å². The summed E-state index contributed by atoms with van der Waals surface area (Å²) in [5.41, 5.74) is 2.36. The number of nitrogens with one attached hydrogen (secondary N) is 2. The lowest BCUT2D eigenvalue weighted by Gasteiger charge is -2.27. The smallest absolute Gasteiger partial charge is 0.127 e. The molecule has 0 unspecified atom stereocenters. The summed E-state index contributed by atoms with van der Waals surface area (Å²) in [6.45, 7) is 8.09. The summed E-state index contributed by atoms with van der Waals surface area (Å²) >= 11 is 6.18. The monoisotopic (exact) mass is 390 g/mol. The zero-order valence-corrected chi connectivity index (χ0v) is 16.9. The van der Waals surface area contributed by atoms with Crippen molar-refractivity contribution < 1.29 is 19.3 Å². The van der Waals surface area contributed by atoms with Crippen molar-refractivity contribution in [3.63, 3.8) is 0 Å². The van der Waals surface area contributed by atoms with E-state index in [4.69, 9.17) is 21.1 Å². The number of benzene rings is 2. The molecule has 1 fully saturated rings. The molecule has 1 aliphatic heterocycles. The van der Waals surface area contributed by atoms with Crippen LogP contribution in [-0.4, -0.2) is 59.6 Å². The topological polar surface area (TPSA) is 27.3 Å². The van der Waals surface area contributed by atoms with Crippen LogP contribution in [0.4, 0.5) is 0 Å². The van der Waals surface area contributed by atoms with E-state index >= 15 is 0 Å². The van der Waals surface area contributed by atoms with Crippen LogP contribution in [0, 0.1) is 0 Å². The van der Waals surface area contributed by atoms with Gasteiger partial charge in [0.25, 0.3) is 0 Å². The van der Waals surface area contributed by atoms with Crippen LogP contribution in [0.2, 0.25) is 5.02 Å². The minimum absolute atomic E-state index is 0.561. The average molecular weight is 391 g/mol. The maximum atomic E-state index is 6.18. The molecule has 0 aliphatic carbocycles. The third-order valence-corrected chi connectivity index (χ3v) is 5.39. The molecule has 2 aromatic carbocycles. The largest absolute Gasteiger partial charge is 0.491 e. The van der Waals surface area contributed by atoms with Gasteiger partial charge in [0.05, 0.1) is 20.3 Å². The van der Waals surface area contributed by atoms with Crippen molar-refractivity contribution in [2.45, 2.75) is 6.42 Å². The Labute approximate surface area is 167 Å². The van der Waals surface area contributed by atoms with Gasteiger partial charge in [-0.3, -0.25) is 0 Å². The second kappa shape index (κ2) is 10.7. The normalized spacial score (nSPS) is 19.8. The quantitative estimate of drug-likeness (QED) is 0.618. The first-order valence-electron chi connectivity index (χ1n) is 9.88. The molecule has 0 atom stereocenters. The van der Waals surface area contributed by atoms with Gasteiger partial charge >= 0.3 is 0 Å². The summed E-state index contributed by atoms with van der Waals surface area (Å²) in [5, 5.41) is 0.738. The first-order valence-corrected chi connectivity index (χ1v) is 10.3. The molecule has 1 aliphatic rings. The highest BCUT2D eigenvalue weighted by Crippen LogP contribution is 2.25. The average Bonchev–Trinajstić information content (AvgIpc) is 2.68. The molecule has 2 N–H and O–H groups in total. The van der Waals surface area contributed by atoms with Crippen LogP contribution in [0.15, 0.2) is 48.5 Å². The van der Waals surface area contributed by atoms with E-state index in [-0.39, 0.29) is 0 Å². The second-order valence-corrected chi connectivity index (χ2v) is 7.77. The maximum Gasteiger partial charge on any atom is 0.127 e. The molecule has 0 spiro atoms. The van der Waals surface area contributed by atoms with E-state index in [1.807, 2.05) is 24.3 Å². The highest BCUT2D eigenvalue weighted by atomic mass is 35.5. The molecule has 1 heterocycles. The SMILES string of the molecule is C[NH+]1CC[NH+](CCOCCOc2ccc(Cl)cc2Cc2ccccc2)CC1. The summed E-state index contributed by atoms with van der Waals surface area (Å²) in [7, 11) is 2.27. The van der Waals surface area contributed by atoms with Crippen molar-refractivity contribution in [1.82, 2.24) is 0 Å². The number of rotatable bonds is 9. The first kappa shape index (κ1) is 20.2. The fourth-order valence-electron chi connectivity index (χ4n) is 3.45. The molecule has 0 saturated carbocycles. The number of quaternary nitrogens is 2. The number of likely N-dealkylation sites (N-methyl/N-ethyl adjacent to an activating group) is 1. The van der Waals surface area contributed by atoms with Crippen LogP contribution in [0.1, 0.15) is 11.1 Å². The zero-order valence-electron chi connectivity index (χ0n) is 16.2. The molecular formula is C22H31ClN2O2+2. The van der Waals surface area contributed by atoms with E-state index in [0.717, 1.165) is 35.9 Å². The van der Waals surface area contributed by atoms with E-state index < -0.39 is 0 Å². The lowest BCUT2D eigenvalue weighted by molar-refractivity contribution is -1.00. The van der Waals surface area contributed by atoms with E-state index in [0.29, 0.717) is 13.2 Å². The summed E-state index contributed by atoms with van der Waals surface area (Å²) in [4.78, 5) is 3.30. The third kappa shape index (κ3) is 6.82. The third-order valence-electron chi connectivity index (χ3n) is 5.16. The number of ether oxygens (including phenoxy) is 2. The number of halogens is 1. The van der Waals surface area contributed by atoms with Gasteiger partial charge in [0.1, 0.15) is 45.1 Å². The van der Waals surface area contributed by atoms with E-state index in [9.17, 15) is 0 Å². The van der Waals surface area contributed by atoms with E-state index in [1.54, 1.807) is 9.80 Å². The molecule has 3 rings (SSSR count). The molecule has 2 aromatic rings. The van der Waals surface area contributed by atoms with Gasteiger partial charge in [0.2, 0.25) is 0 Å². The van der Waals surface area contributed by atoms with Crippen LogP contribution in [0.5, 0.6) is 5.75 Å². The highest BCUT2D eigenvalue weighted by molar-refractivity contribution is 6.30. The van der Waals surface area contributed by atoms with Gasteiger partial charge in [0, 0.05) is 11.4 Å². The van der Waals surface area contributed by atoms with Crippen molar-refractivity contribution in [2.24, 2.45) is 0 Å². The molecule has 0 aromatic heterocycles. The predicted octanol–water partition coefficient (Wildman–Crippen LogP) is 0.739. The Kier molecular flexibility index (Phi) is 7.96. The molecule has 146 valence electrons. The fraction of sp³-hybridized carbons (Fsp3) is 0.455. The van der Waals surface area contributed by atoms with Gasteiger partial charge in [0.15, 0.2) is 0 Å². The number of piperazine rings is 1. The van der Waals surface area contributed by atoms with Crippen LogP contribution in [-0.2, 0) is 11.2 Å². The van der Waals surface area contributed by atoms with Crippen LogP contribution < -0.4 is 14.5 Å². The van der Waals surface area contributed by atoms with E-state index in [2.05, 4.69) is 31.3 Å². The molecule has 0 bridgehead atoms. The maximum absolute atomic E-state index is 6.18. The Balaban J connectivity index is 1.40. The minimum Gasteiger partial charge on any atom is -0.491 e. The van der Waals surface area contributed by atoms with Gasteiger partial charge in [-0.05, 0) is 29.3 Å². The molecule has 4 nitrogen and oxygen atoms in total. The van der Waals surface area contributed by atoms with Crippen molar-refractivity contribution in [3.8, 4) is 5.75 Å². The zero-order chi connectivity index (χ0) is 18.9. The lowest BCUT2D eigenvalue weighted by atomic mass is 10.0. The molecule has 27 heavy (non-hydrogen) atoms. The lowest BCUT2D eigenvalue weighted by Crippen LogP contribution is -3.27. The van der Waals surface area contributed by atoms with Gasteiger partial charge in [-0.1, -0.05) is 41.9 Å². The minimum atomic E-state index is 0.561. The molecule has 0 amide bonds. The Morgan fingerprint density at radius 1 is 0.926 bits per heavy atom. The first-order chi connectivity index (χ1) is 13.2. The van der Waals surface area contributed by atoms with E-state index in [1.165, 1.54) is 31.7 Å². The molecule has 1 saturated heterocycles. The van der Waals surface area contributed by atoms with Gasteiger partial charge < -0.3 is 19.3 Å². The Hall–Kier alpha value is -1.59.